The maximum atomic E-state index is 14.7. The van der Waals surface area contributed by atoms with E-state index in [1.807, 2.05) is 0 Å². The predicted octanol–water partition coefficient (Wildman–Crippen LogP) is 7.74. The van der Waals surface area contributed by atoms with Crippen LogP contribution in [0.15, 0.2) is 34.9 Å². The number of methoxy groups -OCH3 is 1. The Morgan fingerprint density at radius 3 is 2.55 bits per heavy atom. The zero-order chi connectivity index (χ0) is 28.1. The van der Waals surface area contributed by atoms with Gasteiger partial charge in [-0.05, 0) is 48.9 Å². The second-order valence-electron chi connectivity index (χ2n) is 10.7. The highest BCUT2D eigenvalue weighted by molar-refractivity contribution is 7.22. The summed E-state index contributed by atoms with van der Waals surface area (Å²) in [5.41, 5.74) is 2.64. The molecule has 3 heterocycles. The molecule has 3 atom stereocenters. The summed E-state index contributed by atoms with van der Waals surface area (Å²) in [5.74, 6) is 0.731. The number of aromatic nitrogens is 2. The number of anilines is 1. The number of thiazole rings is 1. The summed E-state index contributed by atoms with van der Waals surface area (Å²) in [4.78, 5) is 18.7. The third kappa shape index (κ3) is 4.98. The highest BCUT2D eigenvalue weighted by atomic mass is 35.5. The zero-order valence-electron chi connectivity index (χ0n) is 22.2. The van der Waals surface area contributed by atoms with Crippen molar-refractivity contribution in [2.75, 3.05) is 25.1 Å². The zero-order valence-corrected chi connectivity index (χ0v) is 24.6. The van der Waals surface area contributed by atoms with Crippen molar-refractivity contribution in [1.29, 1.82) is 0 Å². The first-order valence-corrected chi connectivity index (χ1v) is 14.8. The fraction of sp³-hybridized carbons (Fsp3) is 0.414. The van der Waals surface area contributed by atoms with Crippen molar-refractivity contribution in [2.24, 2.45) is 11.8 Å². The Balaban J connectivity index is 1.14. The average Bonchev–Trinajstić information content (AvgIpc) is 3.68. The minimum Gasteiger partial charge on any atom is -0.465 e. The van der Waals surface area contributed by atoms with Crippen molar-refractivity contribution in [3.8, 4) is 11.3 Å². The molecule has 210 valence electrons. The lowest BCUT2D eigenvalue weighted by Crippen LogP contribution is -2.23. The van der Waals surface area contributed by atoms with Gasteiger partial charge < -0.3 is 18.9 Å². The van der Waals surface area contributed by atoms with Gasteiger partial charge >= 0.3 is 5.97 Å². The van der Waals surface area contributed by atoms with Crippen molar-refractivity contribution in [1.82, 2.24) is 10.1 Å². The van der Waals surface area contributed by atoms with E-state index in [1.165, 1.54) is 24.5 Å². The van der Waals surface area contributed by atoms with E-state index >= 15 is 0 Å². The van der Waals surface area contributed by atoms with E-state index in [9.17, 15) is 9.18 Å². The third-order valence-electron chi connectivity index (χ3n) is 7.84. The largest absolute Gasteiger partial charge is 0.465 e. The van der Waals surface area contributed by atoms with Crippen LogP contribution in [0.1, 0.15) is 54.3 Å². The summed E-state index contributed by atoms with van der Waals surface area (Å²) < 4.78 is 32.2. The number of carbonyl (C=O) groups excluding carboxylic acids is 1. The third-order valence-corrected chi connectivity index (χ3v) is 9.54. The maximum absolute atomic E-state index is 14.7. The van der Waals surface area contributed by atoms with Crippen LogP contribution in [0.25, 0.3) is 21.5 Å². The van der Waals surface area contributed by atoms with Gasteiger partial charge in [0.1, 0.15) is 17.0 Å². The first-order valence-electron chi connectivity index (χ1n) is 13.2. The highest BCUT2D eigenvalue weighted by Gasteiger charge is 2.42. The van der Waals surface area contributed by atoms with Gasteiger partial charge in [-0.1, -0.05) is 59.6 Å². The molecule has 11 heteroatoms. The van der Waals surface area contributed by atoms with E-state index in [0.717, 1.165) is 42.4 Å². The Morgan fingerprint density at radius 1 is 1.20 bits per heavy atom. The predicted molar refractivity (Wildman–Crippen MR) is 154 cm³/mol. The Morgan fingerprint density at radius 2 is 1.90 bits per heavy atom. The molecule has 4 aromatic rings. The fourth-order valence-electron chi connectivity index (χ4n) is 5.92. The van der Waals surface area contributed by atoms with Crippen LogP contribution in [0.3, 0.4) is 0 Å². The molecule has 1 saturated carbocycles. The van der Waals surface area contributed by atoms with E-state index in [1.54, 1.807) is 24.3 Å². The molecule has 0 unspecified atom stereocenters. The Hall–Kier alpha value is -2.72. The number of esters is 1. The van der Waals surface area contributed by atoms with E-state index in [0.29, 0.717) is 44.4 Å². The van der Waals surface area contributed by atoms with Gasteiger partial charge in [-0.2, -0.15) is 0 Å². The number of rotatable bonds is 7. The minimum atomic E-state index is -0.564. The number of nitrogens with zero attached hydrogens (tertiary/aromatic N) is 3. The molecule has 7 nitrogen and oxygen atoms in total. The molecule has 2 fully saturated rings. The molecule has 0 bridgehead atoms. The van der Waals surface area contributed by atoms with Crippen LogP contribution in [0.5, 0.6) is 0 Å². The van der Waals surface area contributed by atoms with Crippen LogP contribution in [-0.2, 0) is 16.1 Å². The van der Waals surface area contributed by atoms with Crippen LogP contribution in [0.2, 0.25) is 10.0 Å². The van der Waals surface area contributed by atoms with Gasteiger partial charge in [0.05, 0.1) is 40.1 Å². The monoisotopic (exact) mass is 603 g/mol. The summed E-state index contributed by atoms with van der Waals surface area (Å²) >= 11 is 14.4. The molecular weight excluding hydrogens is 576 g/mol. The first kappa shape index (κ1) is 27.4. The molecule has 2 aromatic carbocycles. The number of hydrogen-bond donors (Lipinski definition) is 0. The molecule has 0 spiro atoms. The average molecular weight is 605 g/mol. The summed E-state index contributed by atoms with van der Waals surface area (Å²) in [7, 11) is 1.28. The SMILES string of the molecule is COC(=O)c1cc(F)c2nc(N3C[C@H]4C[C@H](OCc5c(-c6c(Cl)cccc6Cl)noc5C(C)C)C[C@H]4C3)sc2c1. The fourth-order valence-corrected chi connectivity index (χ4v) is 7.54. The van der Waals surface area contributed by atoms with Gasteiger partial charge in [0.25, 0.3) is 0 Å². The van der Waals surface area contributed by atoms with Crippen molar-refractivity contribution in [2.45, 2.75) is 45.3 Å². The lowest BCUT2D eigenvalue weighted by molar-refractivity contribution is 0.0401. The summed E-state index contributed by atoms with van der Waals surface area (Å²) in [6.07, 6.45) is 1.96. The molecule has 0 N–H and O–H groups in total. The van der Waals surface area contributed by atoms with E-state index in [4.69, 9.17) is 37.2 Å². The smallest absolute Gasteiger partial charge is 0.338 e. The van der Waals surface area contributed by atoms with Crippen LogP contribution < -0.4 is 4.90 Å². The van der Waals surface area contributed by atoms with Crippen molar-refractivity contribution in [3.63, 3.8) is 0 Å². The van der Waals surface area contributed by atoms with Crippen molar-refractivity contribution >= 4 is 55.9 Å². The number of halogens is 3. The van der Waals surface area contributed by atoms with E-state index < -0.39 is 11.8 Å². The van der Waals surface area contributed by atoms with Crippen LogP contribution in [0, 0.1) is 17.7 Å². The topological polar surface area (TPSA) is 77.7 Å². The Kier molecular flexibility index (Phi) is 7.50. The van der Waals surface area contributed by atoms with E-state index in [2.05, 4.69) is 28.9 Å². The van der Waals surface area contributed by atoms with E-state index in [-0.39, 0.29) is 23.1 Å². The standard InChI is InChI=1S/C29H28Cl2FN3O4S/c1-14(2)27-19(25(34-39-27)24-20(30)5-4-6-21(24)31)13-38-18-7-16-11-35(12-17(16)8-18)29-33-26-22(32)9-15(28(36)37-3)10-23(26)40-29/h4-6,9-10,14,16-18H,7-8,11-13H2,1-3H3/t16-,17+,18+. The molecule has 40 heavy (non-hydrogen) atoms. The van der Waals surface area contributed by atoms with Gasteiger partial charge in [-0.15, -0.1) is 0 Å². The number of hydrogen-bond acceptors (Lipinski definition) is 8. The lowest BCUT2D eigenvalue weighted by Gasteiger charge is -2.19. The second-order valence-corrected chi connectivity index (χ2v) is 12.6. The highest BCUT2D eigenvalue weighted by Crippen LogP contribution is 2.44. The quantitative estimate of drug-likeness (QED) is 0.200. The molecule has 0 amide bonds. The number of ether oxygens (including phenoxy) is 2. The van der Waals surface area contributed by atoms with Gasteiger partial charge in [-0.3, -0.25) is 0 Å². The molecule has 0 radical (unpaired) electrons. The summed E-state index contributed by atoms with van der Waals surface area (Å²) in [5, 5.41) is 6.14. The number of fused-ring (bicyclic) bond motifs is 2. The lowest BCUT2D eigenvalue weighted by atomic mass is 10.0. The van der Waals surface area contributed by atoms with Gasteiger partial charge in [-0.25, -0.2) is 14.2 Å². The Labute approximate surface area is 245 Å². The van der Waals surface area contributed by atoms with Crippen LogP contribution in [0.4, 0.5) is 9.52 Å². The van der Waals surface area contributed by atoms with Gasteiger partial charge in [0, 0.05) is 30.1 Å². The van der Waals surface area contributed by atoms with Crippen molar-refractivity contribution < 1.29 is 23.2 Å². The normalized spacial score (nSPS) is 20.6. The molecule has 2 aromatic heterocycles. The molecule has 6 rings (SSSR count). The second kappa shape index (κ2) is 10.9. The maximum Gasteiger partial charge on any atom is 0.338 e. The first-order chi connectivity index (χ1) is 19.2. The number of carbonyl (C=O) groups is 1. The minimum absolute atomic E-state index is 0.108. The van der Waals surface area contributed by atoms with Gasteiger partial charge in [0.15, 0.2) is 10.9 Å². The molecule has 1 saturated heterocycles. The van der Waals surface area contributed by atoms with Gasteiger partial charge in [0.2, 0.25) is 0 Å². The molecule has 2 aliphatic rings. The summed E-state index contributed by atoms with van der Waals surface area (Å²) in [6.45, 7) is 6.14. The van der Waals surface area contributed by atoms with Crippen molar-refractivity contribution in [3.05, 3.63) is 63.1 Å². The van der Waals surface area contributed by atoms with Crippen LogP contribution in [-0.4, -0.2) is 42.4 Å². The summed E-state index contributed by atoms with van der Waals surface area (Å²) in [6, 6.07) is 8.21. The van der Waals surface area contributed by atoms with Crippen LogP contribution >= 0.6 is 34.5 Å². The molecule has 1 aliphatic heterocycles. The Bertz CT molecular complexity index is 1550. The molecular formula is C29H28Cl2FN3O4S. The number of benzene rings is 2. The molecule has 1 aliphatic carbocycles.